The summed E-state index contributed by atoms with van der Waals surface area (Å²) in [7, 11) is 5.64. The van der Waals surface area contributed by atoms with Gasteiger partial charge in [-0.1, -0.05) is 32.8 Å². The van der Waals surface area contributed by atoms with Crippen LogP contribution in [0.25, 0.3) is 9.70 Å². The molecule has 0 aliphatic heterocycles. The molecule has 0 amide bonds. The third-order valence-electron chi connectivity index (χ3n) is 1.12. The lowest BCUT2D eigenvalue weighted by Gasteiger charge is -1.89. The molecule has 0 spiro atoms. The highest BCUT2D eigenvalue weighted by atomic mass is 31.1. The van der Waals surface area contributed by atoms with Crippen LogP contribution < -0.4 is 0 Å². The van der Waals surface area contributed by atoms with E-state index in [4.69, 9.17) is 0 Å². The highest BCUT2D eigenvalue weighted by Gasteiger charge is 1.88. The number of rotatable bonds is 0. The predicted octanol–water partition coefficient (Wildman–Crippen LogP) is 5.16. The minimum atomic E-state index is 1.41. The third kappa shape index (κ3) is 1.37. The first-order chi connectivity index (χ1) is 4.97. The Hall–Kier alpha value is 0.420. The molecule has 10 heavy (non-hydrogen) atoms. The molecule has 0 nitrogen and oxygen atoms in total. The topological polar surface area (TPSA) is 0 Å². The molecule has 2 heterocycles. The molecule has 0 fully saturated rings. The Kier molecular flexibility index (Phi) is 2.28. The summed E-state index contributed by atoms with van der Waals surface area (Å²) in [5.74, 6) is 8.95. The van der Waals surface area contributed by atoms with Gasteiger partial charge in [0, 0.05) is 9.70 Å². The lowest BCUT2D eigenvalue weighted by Crippen LogP contribution is -1.44. The number of fused-ring (bicyclic) bond motifs is 1. The lowest BCUT2D eigenvalue weighted by molar-refractivity contribution is 2.34. The van der Waals surface area contributed by atoms with Crippen LogP contribution in [0.15, 0.2) is 23.2 Å². The first-order valence-electron chi connectivity index (χ1n) is 2.84. The van der Waals surface area contributed by atoms with Crippen LogP contribution in [0.1, 0.15) is 0 Å². The van der Waals surface area contributed by atoms with E-state index in [1.165, 1.54) is 32.8 Å². The maximum Gasteiger partial charge on any atom is 0.0455 e. The molecule has 0 atom stereocenters. The van der Waals surface area contributed by atoms with E-state index >= 15 is 0 Å². The van der Waals surface area contributed by atoms with Crippen molar-refractivity contribution < 1.29 is 0 Å². The molecule has 0 saturated heterocycles. The normalized spacial score (nSPS) is 13.2. The van der Waals surface area contributed by atoms with E-state index in [9.17, 15) is 0 Å². The summed E-state index contributed by atoms with van der Waals surface area (Å²) < 4.78 is 0. The van der Waals surface area contributed by atoms with Crippen molar-refractivity contribution in [3.63, 3.8) is 0 Å². The van der Waals surface area contributed by atoms with Crippen LogP contribution in [0.4, 0.5) is 0 Å². The molecule has 0 unspecified atom stereocenters. The summed E-state index contributed by atoms with van der Waals surface area (Å²) in [5.41, 5.74) is 0. The van der Waals surface area contributed by atoms with Gasteiger partial charge < -0.3 is 0 Å². The summed E-state index contributed by atoms with van der Waals surface area (Å²) >= 11 is 0. The van der Waals surface area contributed by atoms with Gasteiger partial charge >= 0.3 is 0 Å². The van der Waals surface area contributed by atoms with Crippen molar-refractivity contribution in [2.24, 2.45) is 0 Å². The van der Waals surface area contributed by atoms with E-state index in [1.807, 2.05) is 0 Å². The van der Waals surface area contributed by atoms with E-state index < -0.39 is 0 Å². The molecular formula is C6H4P4. The SMILES string of the molecule is c1cpc2pccpc2p1. The van der Waals surface area contributed by atoms with Crippen LogP contribution in [0.3, 0.4) is 0 Å². The van der Waals surface area contributed by atoms with Crippen LogP contribution in [-0.4, -0.2) is 0 Å². The van der Waals surface area contributed by atoms with Crippen molar-refractivity contribution in [2.75, 3.05) is 0 Å². The van der Waals surface area contributed by atoms with Gasteiger partial charge in [-0.05, 0) is 23.2 Å². The highest BCUT2D eigenvalue weighted by Crippen LogP contribution is 2.39. The van der Waals surface area contributed by atoms with Crippen molar-refractivity contribution in [3.8, 4) is 0 Å². The molecule has 0 aliphatic rings. The van der Waals surface area contributed by atoms with E-state index in [1.54, 1.807) is 9.70 Å². The molecule has 4 heteroatoms. The Morgan fingerprint density at radius 2 is 0.900 bits per heavy atom. The average molecular weight is 200 g/mol. The Labute approximate surface area is 66.1 Å². The molecule has 0 aromatic carbocycles. The minimum absolute atomic E-state index is 1.41. The zero-order chi connectivity index (χ0) is 6.81. The predicted molar refractivity (Wildman–Crippen MR) is 54.0 cm³/mol. The fraction of sp³-hybridized carbons (Fsp3) is 0. The van der Waals surface area contributed by atoms with Crippen molar-refractivity contribution in [3.05, 3.63) is 23.2 Å². The maximum atomic E-state index is 2.24. The van der Waals surface area contributed by atoms with Crippen LogP contribution in [0.5, 0.6) is 0 Å². The Balaban J connectivity index is 2.89. The highest BCUT2D eigenvalue weighted by molar-refractivity contribution is 7.65. The molecule has 2 aromatic heterocycles. The van der Waals surface area contributed by atoms with Crippen LogP contribution in [0.2, 0.25) is 0 Å². The van der Waals surface area contributed by atoms with E-state index in [0.717, 1.165) is 0 Å². The molecule has 0 aliphatic carbocycles. The van der Waals surface area contributed by atoms with Gasteiger partial charge in [-0.15, -0.1) is 0 Å². The summed E-state index contributed by atoms with van der Waals surface area (Å²) in [6, 6.07) is 0. The Morgan fingerprint density at radius 1 is 0.600 bits per heavy atom. The molecule has 0 saturated carbocycles. The van der Waals surface area contributed by atoms with Crippen LogP contribution >= 0.6 is 32.8 Å². The number of hydrogen-bond donors (Lipinski definition) is 0. The van der Waals surface area contributed by atoms with Gasteiger partial charge in [0.15, 0.2) is 0 Å². The van der Waals surface area contributed by atoms with E-state index in [-0.39, 0.29) is 0 Å². The molecule has 48 valence electrons. The molecule has 0 radical (unpaired) electrons. The van der Waals surface area contributed by atoms with Crippen molar-refractivity contribution in [1.82, 2.24) is 0 Å². The fourth-order valence-corrected chi connectivity index (χ4v) is 5.53. The number of hydrogen-bond acceptors (Lipinski definition) is 0. The van der Waals surface area contributed by atoms with Crippen LogP contribution in [-0.2, 0) is 0 Å². The summed E-state index contributed by atoms with van der Waals surface area (Å²) in [6.45, 7) is 0. The van der Waals surface area contributed by atoms with Gasteiger partial charge in [0.05, 0.1) is 0 Å². The Bertz CT molecular complexity index is 281. The Morgan fingerprint density at radius 3 is 1.20 bits per heavy atom. The van der Waals surface area contributed by atoms with Crippen molar-refractivity contribution in [1.29, 1.82) is 0 Å². The minimum Gasteiger partial charge on any atom is -0.0616 e. The quantitative estimate of drug-likeness (QED) is 0.550. The summed E-state index contributed by atoms with van der Waals surface area (Å²) in [4.78, 5) is 3.18. The average Bonchev–Trinajstić information content (AvgIpc) is 2.05. The second-order valence-corrected chi connectivity index (χ2v) is 6.48. The molecular weight excluding hydrogens is 196 g/mol. The van der Waals surface area contributed by atoms with E-state index in [2.05, 4.69) is 23.2 Å². The fourth-order valence-electron chi connectivity index (χ4n) is 0.713. The molecule has 2 aromatic rings. The van der Waals surface area contributed by atoms with Gasteiger partial charge in [0.25, 0.3) is 0 Å². The van der Waals surface area contributed by atoms with Gasteiger partial charge in [0.2, 0.25) is 0 Å². The largest absolute Gasteiger partial charge is 0.0616 e. The second kappa shape index (κ2) is 3.21. The van der Waals surface area contributed by atoms with Gasteiger partial charge in [0.1, 0.15) is 0 Å². The van der Waals surface area contributed by atoms with Gasteiger partial charge in [-0.25, -0.2) is 0 Å². The van der Waals surface area contributed by atoms with Crippen molar-refractivity contribution >= 4 is 42.5 Å². The summed E-state index contributed by atoms with van der Waals surface area (Å²) in [5, 5.41) is 0. The molecule has 0 bridgehead atoms. The van der Waals surface area contributed by atoms with E-state index in [0.29, 0.717) is 0 Å². The smallest absolute Gasteiger partial charge is 0.0455 e. The molecule has 0 N–H and O–H groups in total. The standard InChI is InChI=1S/C6H4P4/c1-2-8-6-5(7-1)9-3-4-10-6/h1-4H. The monoisotopic (exact) mass is 200 g/mol. The first-order valence-corrected chi connectivity index (χ1v) is 6.70. The first kappa shape index (κ1) is 7.09. The molecule has 2 rings (SSSR count). The lowest BCUT2D eigenvalue weighted by atomic mass is 11.1. The van der Waals surface area contributed by atoms with Gasteiger partial charge in [-0.3, -0.25) is 0 Å². The zero-order valence-electron chi connectivity index (χ0n) is 5.10. The third-order valence-corrected chi connectivity index (χ3v) is 6.75. The van der Waals surface area contributed by atoms with Gasteiger partial charge in [-0.2, -0.15) is 0 Å². The second-order valence-electron chi connectivity index (χ2n) is 1.76. The van der Waals surface area contributed by atoms with Crippen molar-refractivity contribution in [2.45, 2.75) is 0 Å². The maximum absolute atomic E-state index is 2.24. The van der Waals surface area contributed by atoms with Crippen LogP contribution in [0, 0.1) is 0 Å². The zero-order valence-corrected chi connectivity index (χ0v) is 8.68. The summed E-state index contributed by atoms with van der Waals surface area (Å²) in [6.07, 6.45) is 0.